The third-order valence-corrected chi connectivity index (χ3v) is 3.14. The molecule has 0 aliphatic carbocycles. The number of rotatable bonds is 1. The molecule has 6 heteroatoms. The average Bonchev–Trinajstić information content (AvgIpc) is 3.06. The number of hydrogen-bond acceptors (Lipinski definition) is 4. The number of hydrogen-bond donors (Lipinski definition) is 2. The van der Waals surface area contributed by atoms with Crippen LogP contribution in [0.1, 0.15) is 0 Å². The Morgan fingerprint density at radius 1 is 1.21 bits per heavy atom. The van der Waals surface area contributed by atoms with Gasteiger partial charge in [-0.15, -0.1) is 0 Å². The summed E-state index contributed by atoms with van der Waals surface area (Å²) in [5, 5.41) is 5.26. The molecular weight excluding hydrogens is 240 g/mol. The average molecular weight is 250 g/mol. The van der Waals surface area contributed by atoms with E-state index in [9.17, 15) is 0 Å². The third-order valence-electron chi connectivity index (χ3n) is 3.14. The van der Waals surface area contributed by atoms with Crippen LogP contribution >= 0.6 is 0 Å². The molecule has 0 saturated carbocycles. The number of H-pyrrole nitrogens is 1. The van der Waals surface area contributed by atoms with E-state index >= 15 is 0 Å². The Kier molecular flexibility index (Phi) is 1.88. The molecule has 6 nitrogen and oxygen atoms in total. The molecule has 3 heterocycles. The smallest absolute Gasteiger partial charge is 0.198 e. The van der Waals surface area contributed by atoms with Gasteiger partial charge in [-0.1, -0.05) is 12.1 Å². The molecule has 4 aromatic rings. The van der Waals surface area contributed by atoms with Crippen molar-refractivity contribution in [2.24, 2.45) is 0 Å². The highest BCUT2D eigenvalue weighted by molar-refractivity contribution is 5.84. The van der Waals surface area contributed by atoms with E-state index < -0.39 is 0 Å². The molecule has 3 N–H and O–H groups in total. The van der Waals surface area contributed by atoms with Crippen molar-refractivity contribution in [3.05, 3.63) is 43.0 Å². The fourth-order valence-corrected chi connectivity index (χ4v) is 2.20. The number of nitrogens with one attached hydrogen (secondary N) is 1. The van der Waals surface area contributed by atoms with Gasteiger partial charge in [-0.3, -0.25) is 0 Å². The molecule has 0 saturated heterocycles. The molecule has 0 fully saturated rings. The molecule has 0 bridgehead atoms. The van der Waals surface area contributed by atoms with E-state index in [-0.39, 0.29) is 0 Å². The SMILES string of the molecule is Nc1nc(-c2ccc3cc[nH]c3c2)cn2ncnc12. The lowest BCUT2D eigenvalue weighted by molar-refractivity contribution is 0.951. The van der Waals surface area contributed by atoms with Crippen LogP contribution in [-0.2, 0) is 0 Å². The van der Waals surface area contributed by atoms with E-state index in [1.54, 1.807) is 4.52 Å². The summed E-state index contributed by atoms with van der Waals surface area (Å²) in [6.07, 6.45) is 5.20. The van der Waals surface area contributed by atoms with E-state index in [0.717, 1.165) is 16.8 Å². The van der Waals surface area contributed by atoms with Crippen LogP contribution in [0.4, 0.5) is 5.82 Å². The van der Waals surface area contributed by atoms with Crippen LogP contribution in [0.2, 0.25) is 0 Å². The summed E-state index contributed by atoms with van der Waals surface area (Å²) in [4.78, 5) is 11.6. The molecular formula is C13H10N6. The van der Waals surface area contributed by atoms with Gasteiger partial charge in [-0.25, -0.2) is 14.5 Å². The van der Waals surface area contributed by atoms with Crippen molar-refractivity contribution in [1.29, 1.82) is 0 Å². The minimum Gasteiger partial charge on any atom is -0.381 e. The van der Waals surface area contributed by atoms with Gasteiger partial charge in [0, 0.05) is 17.3 Å². The van der Waals surface area contributed by atoms with E-state index in [4.69, 9.17) is 5.73 Å². The number of nitrogens with zero attached hydrogens (tertiary/aromatic N) is 4. The highest BCUT2D eigenvalue weighted by Gasteiger charge is 2.08. The Morgan fingerprint density at radius 2 is 2.16 bits per heavy atom. The standard InChI is InChI=1S/C13H10N6/c14-12-13-16-7-17-19(13)6-11(18-12)9-2-1-8-3-4-15-10(8)5-9/h1-7,15H,(H2,14,18). The van der Waals surface area contributed by atoms with Crippen LogP contribution in [0.15, 0.2) is 43.0 Å². The Morgan fingerprint density at radius 3 is 3.11 bits per heavy atom. The summed E-state index contributed by atoms with van der Waals surface area (Å²) >= 11 is 0. The molecule has 0 atom stereocenters. The molecule has 1 aromatic carbocycles. The molecule has 0 amide bonds. The molecule has 0 aliphatic rings. The molecule has 4 rings (SSSR count). The first kappa shape index (κ1) is 10.1. The van der Waals surface area contributed by atoms with Crippen molar-refractivity contribution in [2.45, 2.75) is 0 Å². The maximum absolute atomic E-state index is 5.89. The summed E-state index contributed by atoms with van der Waals surface area (Å²) in [5.41, 5.74) is 9.28. The highest BCUT2D eigenvalue weighted by atomic mass is 15.3. The van der Waals surface area contributed by atoms with Crippen molar-refractivity contribution < 1.29 is 0 Å². The Labute approximate surface area is 107 Å². The lowest BCUT2D eigenvalue weighted by Crippen LogP contribution is -1.99. The van der Waals surface area contributed by atoms with Crippen LogP contribution in [0.5, 0.6) is 0 Å². The van der Waals surface area contributed by atoms with Crippen molar-refractivity contribution in [3.63, 3.8) is 0 Å². The summed E-state index contributed by atoms with van der Waals surface area (Å²) in [6.45, 7) is 0. The van der Waals surface area contributed by atoms with E-state index in [1.165, 1.54) is 11.7 Å². The molecule has 3 aromatic heterocycles. The van der Waals surface area contributed by atoms with Gasteiger partial charge in [0.2, 0.25) is 0 Å². The van der Waals surface area contributed by atoms with Crippen molar-refractivity contribution in [1.82, 2.24) is 24.6 Å². The van der Waals surface area contributed by atoms with Crippen molar-refractivity contribution >= 4 is 22.4 Å². The molecule has 0 radical (unpaired) electrons. The minimum atomic E-state index is 0.376. The first-order valence-corrected chi connectivity index (χ1v) is 5.85. The quantitative estimate of drug-likeness (QED) is 0.540. The second kappa shape index (κ2) is 3.55. The predicted molar refractivity (Wildman–Crippen MR) is 72.5 cm³/mol. The fourth-order valence-electron chi connectivity index (χ4n) is 2.20. The van der Waals surface area contributed by atoms with Crippen molar-refractivity contribution in [3.8, 4) is 11.3 Å². The zero-order valence-electron chi connectivity index (χ0n) is 9.91. The lowest BCUT2D eigenvalue weighted by Gasteiger charge is -2.04. The van der Waals surface area contributed by atoms with Crippen LogP contribution in [0, 0.1) is 0 Å². The summed E-state index contributed by atoms with van der Waals surface area (Å²) in [6, 6.07) is 8.13. The maximum atomic E-state index is 5.89. The number of aromatic amines is 1. The number of aromatic nitrogens is 5. The Balaban J connectivity index is 1.97. The number of anilines is 1. The largest absolute Gasteiger partial charge is 0.381 e. The van der Waals surface area contributed by atoms with Gasteiger partial charge in [-0.2, -0.15) is 5.10 Å². The summed E-state index contributed by atoms with van der Waals surface area (Å²) in [7, 11) is 0. The van der Waals surface area contributed by atoms with Gasteiger partial charge in [-0.05, 0) is 17.5 Å². The van der Waals surface area contributed by atoms with Crippen molar-refractivity contribution in [2.75, 3.05) is 5.73 Å². The Bertz CT molecular complexity index is 888. The van der Waals surface area contributed by atoms with E-state index in [2.05, 4.69) is 20.1 Å². The second-order valence-electron chi connectivity index (χ2n) is 4.32. The van der Waals surface area contributed by atoms with Crippen LogP contribution in [-0.4, -0.2) is 24.6 Å². The van der Waals surface area contributed by atoms with Gasteiger partial charge in [0.1, 0.15) is 6.33 Å². The van der Waals surface area contributed by atoms with Gasteiger partial charge >= 0.3 is 0 Å². The van der Waals surface area contributed by atoms with Gasteiger partial charge in [0.15, 0.2) is 11.5 Å². The number of nitrogen functional groups attached to an aromatic ring is 1. The lowest BCUT2D eigenvalue weighted by atomic mass is 10.1. The number of fused-ring (bicyclic) bond motifs is 2. The first-order valence-electron chi connectivity index (χ1n) is 5.85. The van der Waals surface area contributed by atoms with E-state index in [1.807, 2.05) is 36.7 Å². The molecule has 0 spiro atoms. The molecule has 92 valence electrons. The number of nitrogens with two attached hydrogens (primary N) is 1. The molecule has 19 heavy (non-hydrogen) atoms. The predicted octanol–water partition coefficient (Wildman–Crippen LogP) is 1.85. The molecule has 0 aliphatic heterocycles. The van der Waals surface area contributed by atoms with Crippen LogP contribution in [0.3, 0.4) is 0 Å². The Hall–Kier alpha value is -2.89. The zero-order chi connectivity index (χ0) is 12.8. The highest BCUT2D eigenvalue weighted by Crippen LogP contribution is 2.23. The monoisotopic (exact) mass is 250 g/mol. The van der Waals surface area contributed by atoms with Crippen LogP contribution in [0.25, 0.3) is 27.8 Å². The summed E-state index contributed by atoms with van der Waals surface area (Å²) in [5.74, 6) is 0.376. The normalized spacial score (nSPS) is 11.4. The zero-order valence-corrected chi connectivity index (χ0v) is 9.91. The van der Waals surface area contributed by atoms with Gasteiger partial charge < -0.3 is 10.7 Å². The minimum absolute atomic E-state index is 0.376. The summed E-state index contributed by atoms with van der Waals surface area (Å²) < 4.78 is 1.64. The van der Waals surface area contributed by atoms with Gasteiger partial charge in [0.25, 0.3) is 0 Å². The van der Waals surface area contributed by atoms with Crippen LogP contribution < -0.4 is 5.73 Å². The first-order chi connectivity index (χ1) is 9.31. The third kappa shape index (κ3) is 1.46. The maximum Gasteiger partial charge on any atom is 0.198 e. The fraction of sp³-hybridized carbons (Fsp3) is 0. The molecule has 0 unspecified atom stereocenters. The number of benzene rings is 1. The van der Waals surface area contributed by atoms with E-state index in [0.29, 0.717) is 11.5 Å². The van der Waals surface area contributed by atoms with Gasteiger partial charge in [0.05, 0.1) is 11.9 Å². The topological polar surface area (TPSA) is 84.9 Å². The second-order valence-corrected chi connectivity index (χ2v) is 4.32.